The van der Waals surface area contributed by atoms with E-state index in [1.807, 2.05) is 6.07 Å². The quantitative estimate of drug-likeness (QED) is 0.729. The molecule has 0 radical (unpaired) electrons. The maximum atomic E-state index is 10.4. The fourth-order valence-electron chi connectivity index (χ4n) is 2.61. The Bertz CT molecular complexity index is 339. The Balaban J connectivity index is 1.98. The predicted octanol–water partition coefficient (Wildman–Crippen LogP) is 1.05. The number of β-amino-alcohol motifs (C(OH)–C–C–N with tert-alkyl or cyclic N) is 1. The van der Waals surface area contributed by atoms with Crippen molar-refractivity contribution in [3.63, 3.8) is 0 Å². The summed E-state index contributed by atoms with van der Waals surface area (Å²) in [4.78, 5) is 0. The largest absolute Gasteiger partial charge is 0.386 e. The van der Waals surface area contributed by atoms with Crippen LogP contribution in [0.3, 0.4) is 0 Å². The van der Waals surface area contributed by atoms with Crippen LogP contribution in [0, 0.1) is 0 Å². The van der Waals surface area contributed by atoms with Gasteiger partial charge in [0.25, 0.3) is 0 Å². The molecule has 2 heteroatoms. The molecule has 0 aromatic heterocycles. The van der Waals surface area contributed by atoms with Crippen molar-refractivity contribution in [2.75, 3.05) is 13.1 Å². The van der Waals surface area contributed by atoms with Crippen LogP contribution in [0.2, 0.25) is 0 Å². The molecule has 0 amide bonds. The third-order valence-corrected chi connectivity index (χ3v) is 3.80. The van der Waals surface area contributed by atoms with Crippen LogP contribution in [0.5, 0.6) is 0 Å². The average Bonchev–Trinajstić information content (AvgIpc) is 2.97. The van der Waals surface area contributed by atoms with Crippen molar-refractivity contribution in [3.8, 4) is 0 Å². The summed E-state index contributed by atoms with van der Waals surface area (Å²) >= 11 is 0. The van der Waals surface area contributed by atoms with E-state index in [1.165, 1.54) is 5.56 Å². The van der Waals surface area contributed by atoms with E-state index in [4.69, 9.17) is 0 Å². The van der Waals surface area contributed by atoms with Crippen LogP contribution in [0.15, 0.2) is 30.3 Å². The maximum absolute atomic E-state index is 10.4. The van der Waals surface area contributed by atoms with E-state index in [0.29, 0.717) is 0 Å². The lowest BCUT2D eigenvalue weighted by atomic mass is 9.75. The van der Waals surface area contributed by atoms with Crippen LogP contribution in [-0.2, 0) is 5.41 Å². The zero-order valence-corrected chi connectivity index (χ0v) is 8.16. The second-order valence-corrected chi connectivity index (χ2v) is 4.58. The first kappa shape index (κ1) is 8.45. The van der Waals surface area contributed by atoms with Crippen molar-refractivity contribution < 1.29 is 5.11 Å². The summed E-state index contributed by atoms with van der Waals surface area (Å²) in [7, 11) is 0. The molecule has 1 saturated carbocycles. The Morgan fingerprint density at radius 1 is 1.07 bits per heavy atom. The molecule has 1 saturated heterocycles. The molecule has 74 valence electrons. The SMILES string of the molecule is OC1(C2(c3ccccc3)CC2)CNC1. The Morgan fingerprint density at radius 2 is 1.71 bits per heavy atom. The smallest absolute Gasteiger partial charge is 0.0990 e. The molecule has 1 aromatic carbocycles. The minimum atomic E-state index is -0.478. The summed E-state index contributed by atoms with van der Waals surface area (Å²) in [5.74, 6) is 0. The molecule has 1 aromatic rings. The van der Waals surface area contributed by atoms with Crippen LogP contribution in [0.1, 0.15) is 18.4 Å². The average molecular weight is 189 g/mol. The number of aliphatic hydroxyl groups is 1. The molecule has 1 aliphatic heterocycles. The molecular formula is C12H15NO. The lowest BCUT2D eigenvalue weighted by Gasteiger charge is -2.45. The van der Waals surface area contributed by atoms with Crippen molar-refractivity contribution in [3.05, 3.63) is 35.9 Å². The van der Waals surface area contributed by atoms with Gasteiger partial charge in [-0.3, -0.25) is 0 Å². The zero-order chi connectivity index (χ0) is 9.65. The molecule has 2 nitrogen and oxygen atoms in total. The van der Waals surface area contributed by atoms with E-state index in [9.17, 15) is 5.11 Å². The lowest BCUT2D eigenvalue weighted by Crippen LogP contribution is -2.66. The molecular weight excluding hydrogens is 174 g/mol. The van der Waals surface area contributed by atoms with Crippen LogP contribution in [-0.4, -0.2) is 23.8 Å². The van der Waals surface area contributed by atoms with Gasteiger partial charge in [-0.25, -0.2) is 0 Å². The van der Waals surface area contributed by atoms with E-state index < -0.39 is 5.60 Å². The summed E-state index contributed by atoms with van der Waals surface area (Å²) in [5.41, 5.74) is 0.900. The number of hydrogen-bond donors (Lipinski definition) is 2. The van der Waals surface area contributed by atoms with Gasteiger partial charge in [0.15, 0.2) is 0 Å². The molecule has 2 N–H and O–H groups in total. The first-order valence-corrected chi connectivity index (χ1v) is 5.26. The fraction of sp³-hybridized carbons (Fsp3) is 0.500. The van der Waals surface area contributed by atoms with Crippen molar-refractivity contribution in [1.82, 2.24) is 5.32 Å². The van der Waals surface area contributed by atoms with E-state index in [1.54, 1.807) is 0 Å². The van der Waals surface area contributed by atoms with Crippen LogP contribution in [0.4, 0.5) is 0 Å². The van der Waals surface area contributed by atoms with Crippen LogP contribution in [0.25, 0.3) is 0 Å². The molecule has 14 heavy (non-hydrogen) atoms. The van der Waals surface area contributed by atoms with Gasteiger partial charge in [-0.05, 0) is 18.4 Å². The Hall–Kier alpha value is -0.860. The Kier molecular flexibility index (Phi) is 1.56. The van der Waals surface area contributed by atoms with E-state index in [0.717, 1.165) is 25.9 Å². The maximum Gasteiger partial charge on any atom is 0.0990 e. The van der Waals surface area contributed by atoms with Gasteiger partial charge < -0.3 is 10.4 Å². The van der Waals surface area contributed by atoms with Crippen molar-refractivity contribution >= 4 is 0 Å². The van der Waals surface area contributed by atoms with Gasteiger partial charge in [0.05, 0.1) is 5.60 Å². The highest BCUT2D eigenvalue weighted by Gasteiger charge is 2.62. The van der Waals surface area contributed by atoms with Gasteiger partial charge >= 0.3 is 0 Å². The molecule has 1 heterocycles. The second-order valence-electron chi connectivity index (χ2n) is 4.58. The summed E-state index contributed by atoms with van der Waals surface area (Å²) in [6.45, 7) is 1.50. The summed E-state index contributed by atoms with van der Waals surface area (Å²) in [6, 6.07) is 10.4. The van der Waals surface area contributed by atoms with Crippen molar-refractivity contribution in [1.29, 1.82) is 0 Å². The highest BCUT2D eigenvalue weighted by molar-refractivity contribution is 5.38. The van der Waals surface area contributed by atoms with E-state index in [2.05, 4.69) is 29.6 Å². The minimum absolute atomic E-state index is 0.0690. The number of hydrogen-bond acceptors (Lipinski definition) is 2. The third-order valence-electron chi connectivity index (χ3n) is 3.80. The van der Waals surface area contributed by atoms with Gasteiger partial charge in [0, 0.05) is 18.5 Å². The van der Waals surface area contributed by atoms with Crippen LogP contribution < -0.4 is 5.32 Å². The zero-order valence-electron chi connectivity index (χ0n) is 8.16. The first-order valence-electron chi connectivity index (χ1n) is 5.26. The minimum Gasteiger partial charge on any atom is -0.386 e. The monoisotopic (exact) mass is 189 g/mol. The molecule has 0 atom stereocenters. The molecule has 1 aliphatic carbocycles. The third kappa shape index (κ3) is 0.928. The Morgan fingerprint density at radius 3 is 2.14 bits per heavy atom. The fourth-order valence-corrected chi connectivity index (χ4v) is 2.61. The van der Waals surface area contributed by atoms with Gasteiger partial charge in [0.2, 0.25) is 0 Å². The summed E-state index contributed by atoms with van der Waals surface area (Å²) in [5, 5.41) is 13.6. The van der Waals surface area contributed by atoms with Gasteiger partial charge in [-0.15, -0.1) is 0 Å². The van der Waals surface area contributed by atoms with Crippen LogP contribution >= 0.6 is 0 Å². The molecule has 3 rings (SSSR count). The van der Waals surface area contributed by atoms with Gasteiger partial charge in [0.1, 0.15) is 0 Å². The Labute approximate surface area is 84.0 Å². The predicted molar refractivity (Wildman–Crippen MR) is 55.2 cm³/mol. The lowest BCUT2D eigenvalue weighted by molar-refractivity contribution is -0.0452. The molecule has 0 bridgehead atoms. The number of nitrogens with one attached hydrogen (secondary N) is 1. The number of rotatable bonds is 2. The summed E-state index contributed by atoms with van der Waals surface area (Å²) < 4.78 is 0. The molecule has 0 spiro atoms. The van der Waals surface area contributed by atoms with E-state index >= 15 is 0 Å². The van der Waals surface area contributed by atoms with Crippen molar-refractivity contribution in [2.45, 2.75) is 23.9 Å². The highest BCUT2D eigenvalue weighted by Crippen LogP contribution is 2.56. The molecule has 2 fully saturated rings. The van der Waals surface area contributed by atoms with Gasteiger partial charge in [-0.2, -0.15) is 0 Å². The normalized spacial score (nSPS) is 26.6. The molecule has 0 unspecified atom stereocenters. The molecule has 2 aliphatic rings. The first-order chi connectivity index (χ1) is 6.77. The van der Waals surface area contributed by atoms with E-state index in [-0.39, 0.29) is 5.41 Å². The highest BCUT2D eigenvalue weighted by atomic mass is 16.3. The van der Waals surface area contributed by atoms with Gasteiger partial charge in [-0.1, -0.05) is 30.3 Å². The topological polar surface area (TPSA) is 32.3 Å². The standard InChI is InChI=1S/C12H15NO/c14-12(8-13-9-12)11(6-7-11)10-4-2-1-3-5-10/h1-5,13-14H,6-9H2. The number of benzene rings is 1. The van der Waals surface area contributed by atoms with Crippen molar-refractivity contribution in [2.24, 2.45) is 0 Å². The second kappa shape index (κ2) is 2.59. The summed E-state index contributed by atoms with van der Waals surface area (Å²) in [6.07, 6.45) is 2.27.